The summed E-state index contributed by atoms with van der Waals surface area (Å²) in [6.45, 7) is 2.55. The number of rotatable bonds is 6. The molecule has 23 heavy (non-hydrogen) atoms. The van der Waals surface area contributed by atoms with Gasteiger partial charge in [-0.25, -0.2) is 4.98 Å². The summed E-state index contributed by atoms with van der Waals surface area (Å²) in [6.07, 6.45) is 3.39. The van der Waals surface area contributed by atoms with Gasteiger partial charge in [0.15, 0.2) is 0 Å². The maximum absolute atomic E-state index is 11.0. The van der Waals surface area contributed by atoms with Crippen LogP contribution in [-0.4, -0.2) is 26.7 Å². The predicted octanol–water partition coefficient (Wildman–Crippen LogP) is 2.39. The number of aromatic amines is 1. The van der Waals surface area contributed by atoms with Crippen LogP contribution in [0.15, 0.2) is 52.0 Å². The highest BCUT2D eigenvalue weighted by Crippen LogP contribution is 2.20. The predicted molar refractivity (Wildman–Crippen MR) is 83.1 cm³/mol. The van der Waals surface area contributed by atoms with Crippen molar-refractivity contribution in [3.8, 4) is 17.3 Å². The summed E-state index contributed by atoms with van der Waals surface area (Å²) >= 11 is 0. The van der Waals surface area contributed by atoms with Gasteiger partial charge < -0.3 is 14.2 Å². The molecule has 7 nitrogen and oxygen atoms in total. The molecule has 0 amide bonds. The van der Waals surface area contributed by atoms with Crippen LogP contribution in [0.1, 0.15) is 25.2 Å². The van der Waals surface area contributed by atoms with Crippen LogP contribution in [-0.2, 0) is 0 Å². The minimum atomic E-state index is -0.274. The SMILES string of the molecule is CC(CCOc1ccccc1)c1nc(-c2c[nH]c(=O)cn2)no1. The first-order valence-corrected chi connectivity index (χ1v) is 7.29. The van der Waals surface area contributed by atoms with Crippen LogP contribution < -0.4 is 10.3 Å². The van der Waals surface area contributed by atoms with Crippen molar-refractivity contribution in [3.63, 3.8) is 0 Å². The van der Waals surface area contributed by atoms with Gasteiger partial charge in [-0.15, -0.1) is 0 Å². The molecule has 1 N–H and O–H groups in total. The number of nitrogens with one attached hydrogen (secondary N) is 1. The monoisotopic (exact) mass is 312 g/mol. The van der Waals surface area contributed by atoms with E-state index in [1.165, 1.54) is 12.4 Å². The topological polar surface area (TPSA) is 93.9 Å². The maximum atomic E-state index is 11.0. The maximum Gasteiger partial charge on any atom is 0.266 e. The second kappa shape index (κ2) is 6.87. The van der Waals surface area contributed by atoms with Crippen LogP contribution in [0.25, 0.3) is 11.5 Å². The molecule has 1 unspecified atom stereocenters. The Kier molecular flexibility index (Phi) is 4.46. The second-order valence-corrected chi connectivity index (χ2v) is 5.10. The number of benzene rings is 1. The third-order valence-corrected chi connectivity index (χ3v) is 3.33. The van der Waals surface area contributed by atoms with Crippen LogP contribution >= 0.6 is 0 Å². The molecule has 1 aromatic carbocycles. The number of aromatic nitrogens is 4. The fourth-order valence-electron chi connectivity index (χ4n) is 2.00. The first-order chi connectivity index (χ1) is 11.2. The molecule has 0 aliphatic rings. The Balaban J connectivity index is 1.59. The minimum Gasteiger partial charge on any atom is -0.494 e. The van der Waals surface area contributed by atoms with Crippen molar-refractivity contribution in [3.05, 3.63) is 59.0 Å². The summed E-state index contributed by atoms with van der Waals surface area (Å²) in [5, 5.41) is 3.89. The molecule has 3 aromatic rings. The molecule has 2 aromatic heterocycles. The fourth-order valence-corrected chi connectivity index (χ4v) is 2.00. The molecule has 7 heteroatoms. The third kappa shape index (κ3) is 3.82. The number of H-pyrrole nitrogens is 1. The zero-order valence-electron chi connectivity index (χ0n) is 12.6. The molecule has 0 saturated carbocycles. The Hall–Kier alpha value is -2.96. The lowest BCUT2D eigenvalue weighted by Crippen LogP contribution is -2.05. The molecule has 0 fully saturated rings. The number of hydrogen-bond donors (Lipinski definition) is 1. The molecular weight excluding hydrogens is 296 g/mol. The molecule has 0 aliphatic heterocycles. The summed E-state index contributed by atoms with van der Waals surface area (Å²) < 4.78 is 10.9. The highest BCUT2D eigenvalue weighted by molar-refractivity contribution is 5.45. The van der Waals surface area contributed by atoms with Crippen LogP contribution in [0.2, 0.25) is 0 Å². The van der Waals surface area contributed by atoms with E-state index in [1.54, 1.807) is 0 Å². The van der Waals surface area contributed by atoms with Crippen LogP contribution in [0.3, 0.4) is 0 Å². The lowest BCUT2D eigenvalue weighted by Gasteiger charge is -2.08. The van der Waals surface area contributed by atoms with Crippen molar-refractivity contribution in [1.29, 1.82) is 0 Å². The highest BCUT2D eigenvalue weighted by atomic mass is 16.5. The average molecular weight is 312 g/mol. The Bertz CT molecular complexity index is 793. The van der Waals surface area contributed by atoms with Gasteiger partial charge in [-0.3, -0.25) is 4.79 Å². The van der Waals surface area contributed by atoms with Gasteiger partial charge in [-0.2, -0.15) is 4.98 Å². The fraction of sp³-hybridized carbons (Fsp3) is 0.250. The van der Waals surface area contributed by atoms with Crippen LogP contribution in [0, 0.1) is 0 Å². The van der Waals surface area contributed by atoms with Gasteiger partial charge in [0.25, 0.3) is 5.56 Å². The normalized spacial score (nSPS) is 12.0. The van der Waals surface area contributed by atoms with E-state index in [-0.39, 0.29) is 11.5 Å². The second-order valence-electron chi connectivity index (χ2n) is 5.10. The zero-order chi connectivity index (χ0) is 16.1. The van der Waals surface area contributed by atoms with Gasteiger partial charge in [0.2, 0.25) is 11.7 Å². The van der Waals surface area contributed by atoms with E-state index in [0.717, 1.165) is 12.2 Å². The molecule has 0 saturated heterocycles. The van der Waals surface area contributed by atoms with Crippen molar-refractivity contribution in [1.82, 2.24) is 20.1 Å². The van der Waals surface area contributed by atoms with E-state index in [0.29, 0.717) is 24.0 Å². The molecule has 3 rings (SSSR count). The van der Waals surface area contributed by atoms with Crippen molar-refractivity contribution in [2.24, 2.45) is 0 Å². The van der Waals surface area contributed by atoms with Gasteiger partial charge in [0.05, 0.1) is 12.8 Å². The number of nitrogens with zero attached hydrogens (tertiary/aromatic N) is 3. The van der Waals surface area contributed by atoms with E-state index >= 15 is 0 Å². The van der Waals surface area contributed by atoms with Crippen molar-refractivity contribution in [2.75, 3.05) is 6.61 Å². The first-order valence-electron chi connectivity index (χ1n) is 7.29. The van der Waals surface area contributed by atoms with Crippen molar-refractivity contribution < 1.29 is 9.26 Å². The minimum absolute atomic E-state index is 0.0581. The van der Waals surface area contributed by atoms with E-state index in [4.69, 9.17) is 9.26 Å². The van der Waals surface area contributed by atoms with E-state index in [1.807, 2.05) is 37.3 Å². The van der Waals surface area contributed by atoms with E-state index in [2.05, 4.69) is 20.1 Å². The number of hydrogen-bond acceptors (Lipinski definition) is 6. The summed E-state index contributed by atoms with van der Waals surface area (Å²) in [7, 11) is 0. The van der Waals surface area contributed by atoms with Crippen molar-refractivity contribution in [2.45, 2.75) is 19.3 Å². The molecule has 118 valence electrons. The highest BCUT2D eigenvalue weighted by Gasteiger charge is 2.16. The molecular formula is C16H16N4O3. The lowest BCUT2D eigenvalue weighted by atomic mass is 10.1. The number of ether oxygens (including phenoxy) is 1. The molecule has 0 bridgehead atoms. The standard InChI is InChI=1S/C16H16N4O3/c1-11(7-8-22-12-5-3-2-4-6-12)16-19-15(20-23-16)13-9-18-14(21)10-17-13/h2-6,9-11H,7-8H2,1H3,(H,18,21). The Morgan fingerprint density at radius 2 is 2.13 bits per heavy atom. The van der Waals surface area contributed by atoms with E-state index < -0.39 is 0 Å². The van der Waals surface area contributed by atoms with Gasteiger partial charge >= 0.3 is 0 Å². The summed E-state index contributed by atoms with van der Waals surface area (Å²) in [6, 6.07) is 9.63. The Morgan fingerprint density at radius 1 is 1.30 bits per heavy atom. The first kappa shape index (κ1) is 15.0. The number of para-hydroxylation sites is 1. The third-order valence-electron chi connectivity index (χ3n) is 3.33. The van der Waals surface area contributed by atoms with Gasteiger partial charge in [-0.1, -0.05) is 30.3 Å². The average Bonchev–Trinajstić information content (AvgIpc) is 3.06. The van der Waals surface area contributed by atoms with E-state index in [9.17, 15) is 4.79 Å². The smallest absolute Gasteiger partial charge is 0.266 e. The summed E-state index contributed by atoms with van der Waals surface area (Å²) in [4.78, 5) is 21.8. The molecule has 2 heterocycles. The molecule has 0 aliphatic carbocycles. The molecule has 0 spiro atoms. The van der Waals surface area contributed by atoms with Gasteiger partial charge in [-0.05, 0) is 18.6 Å². The van der Waals surface area contributed by atoms with Crippen LogP contribution in [0.5, 0.6) is 5.75 Å². The van der Waals surface area contributed by atoms with Gasteiger partial charge in [0.1, 0.15) is 11.4 Å². The largest absolute Gasteiger partial charge is 0.494 e. The van der Waals surface area contributed by atoms with Gasteiger partial charge in [0, 0.05) is 12.1 Å². The summed E-state index contributed by atoms with van der Waals surface area (Å²) in [5.74, 6) is 1.77. The van der Waals surface area contributed by atoms with Crippen molar-refractivity contribution >= 4 is 0 Å². The quantitative estimate of drug-likeness (QED) is 0.751. The zero-order valence-corrected chi connectivity index (χ0v) is 12.6. The Morgan fingerprint density at radius 3 is 2.87 bits per heavy atom. The summed E-state index contributed by atoms with van der Waals surface area (Å²) in [5.41, 5.74) is 0.191. The molecule has 1 atom stereocenters. The lowest BCUT2D eigenvalue weighted by molar-refractivity contribution is 0.280. The Labute approximate surface area is 132 Å². The van der Waals surface area contributed by atoms with Crippen LogP contribution in [0.4, 0.5) is 0 Å². The molecule has 0 radical (unpaired) electrons.